The van der Waals surface area contributed by atoms with Crippen LogP contribution < -0.4 is 4.74 Å². The fourth-order valence-corrected chi connectivity index (χ4v) is 2.14. The Bertz CT molecular complexity index is 629. The Morgan fingerprint density at radius 1 is 1.05 bits per heavy atom. The van der Waals surface area contributed by atoms with Gasteiger partial charge in [0.05, 0.1) is 13.2 Å². The molecule has 1 N–H and O–H groups in total. The van der Waals surface area contributed by atoms with E-state index >= 15 is 0 Å². The monoisotopic (exact) mass is 296 g/mol. The molecule has 0 aliphatic rings. The molecular formula is C16H15F3O2. The predicted molar refractivity (Wildman–Crippen MR) is 72.7 cm³/mol. The Morgan fingerprint density at radius 2 is 1.81 bits per heavy atom. The highest BCUT2D eigenvalue weighted by Gasteiger charge is 2.14. The minimum atomic E-state index is -0.961. The van der Waals surface area contributed by atoms with Crippen molar-refractivity contribution in [2.75, 3.05) is 7.11 Å². The molecule has 2 aromatic carbocycles. The predicted octanol–water partition coefficient (Wildman–Crippen LogP) is 3.26. The van der Waals surface area contributed by atoms with E-state index in [2.05, 4.69) is 0 Å². The smallest absolute Gasteiger partial charge is 0.165 e. The Kier molecular flexibility index (Phi) is 4.85. The van der Waals surface area contributed by atoms with Gasteiger partial charge in [0, 0.05) is 6.42 Å². The van der Waals surface area contributed by atoms with Crippen molar-refractivity contribution in [3.63, 3.8) is 0 Å². The minimum Gasteiger partial charge on any atom is -0.494 e. The van der Waals surface area contributed by atoms with Crippen LogP contribution in [0.4, 0.5) is 13.2 Å². The molecule has 0 radical (unpaired) electrons. The van der Waals surface area contributed by atoms with Gasteiger partial charge in [-0.1, -0.05) is 18.2 Å². The third kappa shape index (κ3) is 3.76. The van der Waals surface area contributed by atoms with Crippen molar-refractivity contribution in [3.8, 4) is 5.75 Å². The molecule has 2 rings (SSSR count). The molecule has 0 fully saturated rings. The first-order valence-electron chi connectivity index (χ1n) is 6.44. The van der Waals surface area contributed by atoms with Gasteiger partial charge in [-0.15, -0.1) is 0 Å². The van der Waals surface area contributed by atoms with Crippen molar-refractivity contribution in [1.29, 1.82) is 0 Å². The van der Waals surface area contributed by atoms with Gasteiger partial charge in [0.1, 0.15) is 0 Å². The number of aliphatic hydroxyl groups excluding tert-OH is 1. The molecule has 0 aliphatic heterocycles. The highest BCUT2D eigenvalue weighted by molar-refractivity contribution is 5.30. The van der Waals surface area contributed by atoms with Gasteiger partial charge in [0.15, 0.2) is 23.2 Å². The fourth-order valence-electron chi connectivity index (χ4n) is 2.14. The molecule has 0 saturated heterocycles. The van der Waals surface area contributed by atoms with Crippen LogP contribution in [0.15, 0.2) is 36.4 Å². The second-order valence-electron chi connectivity index (χ2n) is 4.74. The molecule has 1 atom stereocenters. The molecule has 2 nitrogen and oxygen atoms in total. The van der Waals surface area contributed by atoms with Gasteiger partial charge in [-0.25, -0.2) is 13.2 Å². The number of halogens is 3. The van der Waals surface area contributed by atoms with Crippen LogP contribution in [-0.4, -0.2) is 18.3 Å². The number of hydrogen-bond acceptors (Lipinski definition) is 2. The normalized spacial score (nSPS) is 12.2. The summed E-state index contributed by atoms with van der Waals surface area (Å²) in [6.07, 6.45) is -0.845. The van der Waals surface area contributed by atoms with Crippen LogP contribution in [-0.2, 0) is 12.8 Å². The molecule has 2 aromatic rings. The molecule has 1 unspecified atom stereocenters. The van der Waals surface area contributed by atoms with Gasteiger partial charge in [0.25, 0.3) is 0 Å². The lowest BCUT2D eigenvalue weighted by Gasteiger charge is -2.12. The van der Waals surface area contributed by atoms with E-state index in [4.69, 9.17) is 4.74 Å². The highest BCUT2D eigenvalue weighted by Crippen LogP contribution is 2.20. The molecule has 0 amide bonds. The second-order valence-corrected chi connectivity index (χ2v) is 4.74. The average Bonchev–Trinajstić information content (AvgIpc) is 2.44. The van der Waals surface area contributed by atoms with Gasteiger partial charge in [-0.05, 0) is 35.7 Å². The van der Waals surface area contributed by atoms with Crippen molar-refractivity contribution in [2.45, 2.75) is 18.9 Å². The molecule has 21 heavy (non-hydrogen) atoms. The lowest BCUT2D eigenvalue weighted by molar-refractivity contribution is 0.173. The zero-order chi connectivity index (χ0) is 15.4. The topological polar surface area (TPSA) is 29.5 Å². The Hall–Kier alpha value is -2.01. The molecular weight excluding hydrogens is 281 g/mol. The highest BCUT2D eigenvalue weighted by atomic mass is 19.2. The van der Waals surface area contributed by atoms with Crippen LogP contribution in [0.2, 0.25) is 0 Å². The molecule has 0 spiro atoms. The zero-order valence-electron chi connectivity index (χ0n) is 11.4. The average molecular weight is 296 g/mol. The number of hydrogen-bond donors (Lipinski definition) is 1. The molecule has 0 bridgehead atoms. The summed E-state index contributed by atoms with van der Waals surface area (Å²) in [7, 11) is 1.36. The molecule has 5 heteroatoms. The lowest BCUT2D eigenvalue weighted by Crippen LogP contribution is -2.15. The van der Waals surface area contributed by atoms with Crippen molar-refractivity contribution in [2.24, 2.45) is 0 Å². The summed E-state index contributed by atoms with van der Waals surface area (Å²) in [5.74, 6) is -2.32. The number of benzene rings is 2. The molecule has 0 saturated carbocycles. The summed E-state index contributed by atoms with van der Waals surface area (Å²) in [5, 5.41) is 9.95. The molecule has 0 aliphatic carbocycles. The molecule has 0 heterocycles. The van der Waals surface area contributed by atoms with Gasteiger partial charge < -0.3 is 9.84 Å². The first kappa shape index (κ1) is 15.4. The van der Waals surface area contributed by atoms with E-state index in [1.807, 2.05) is 0 Å². The Balaban J connectivity index is 2.06. The van der Waals surface area contributed by atoms with E-state index in [0.29, 0.717) is 5.56 Å². The van der Waals surface area contributed by atoms with Crippen molar-refractivity contribution in [3.05, 3.63) is 65.0 Å². The summed E-state index contributed by atoms with van der Waals surface area (Å²) in [6.45, 7) is 0. The number of ether oxygens (including phenoxy) is 1. The van der Waals surface area contributed by atoms with Gasteiger partial charge in [-0.3, -0.25) is 0 Å². The maximum absolute atomic E-state index is 13.5. The fraction of sp³-hybridized carbons (Fsp3) is 0.250. The van der Waals surface area contributed by atoms with Gasteiger partial charge >= 0.3 is 0 Å². The van der Waals surface area contributed by atoms with Gasteiger partial charge in [-0.2, -0.15) is 0 Å². The Morgan fingerprint density at radius 3 is 2.48 bits per heavy atom. The summed E-state index contributed by atoms with van der Waals surface area (Å²) >= 11 is 0. The van der Waals surface area contributed by atoms with Crippen LogP contribution in [0.3, 0.4) is 0 Å². The van der Waals surface area contributed by atoms with E-state index in [1.54, 1.807) is 6.07 Å². The summed E-state index contributed by atoms with van der Waals surface area (Å²) in [4.78, 5) is 0. The first-order chi connectivity index (χ1) is 10.0. The first-order valence-corrected chi connectivity index (χ1v) is 6.44. The summed E-state index contributed by atoms with van der Waals surface area (Å²) < 4.78 is 44.9. The lowest BCUT2D eigenvalue weighted by atomic mass is 10.0. The van der Waals surface area contributed by atoms with Crippen LogP contribution in [0.25, 0.3) is 0 Å². The van der Waals surface area contributed by atoms with Crippen molar-refractivity contribution in [1.82, 2.24) is 0 Å². The number of methoxy groups -OCH3 is 1. The molecule has 0 aromatic heterocycles. The van der Waals surface area contributed by atoms with Crippen molar-refractivity contribution < 1.29 is 23.0 Å². The van der Waals surface area contributed by atoms with Crippen molar-refractivity contribution >= 4 is 0 Å². The minimum absolute atomic E-state index is 0.0444. The maximum Gasteiger partial charge on any atom is 0.165 e. The van der Waals surface area contributed by atoms with E-state index in [1.165, 1.54) is 31.4 Å². The largest absolute Gasteiger partial charge is 0.494 e. The van der Waals surface area contributed by atoms with Crippen LogP contribution in [0.5, 0.6) is 5.75 Å². The van der Waals surface area contributed by atoms with E-state index in [-0.39, 0.29) is 24.2 Å². The van der Waals surface area contributed by atoms with Crippen LogP contribution in [0, 0.1) is 17.5 Å². The van der Waals surface area contributed by atoms with E-state index < -0.39 is 23.6 Å². The summed E-state index contributed by atoms with van der Waals surface area (Å²) in [5.41, 5.74) is 0.647. The standard InChI is InChI=1S/C16H15F3O2/c1-21-15-6-5-10(8-14(15)18)7-12(20)9-11-3-2-4-13(17)16(11)19/h2-6,8,12,20H,7,9H2,1H3. The van der Waals surface area contributed by atoms with Crippen LogP contribution in [0.1, 0.15) is 11.1 Å². The molecule has 112 valence electrons. The Labute approximate surface area is 120 Å². The quantitative estimate of drug-likeness (QED) is 0.917. The number of aliphatic hydroxyl groups is 1. The third-order valence-electron chi connectivity index (χ3n) is 3.17. The van der Waals surface area contributed by atoms with Crippen LogP contribution >= 0.6 is 0 Å². The van der Waals surface area contributed by atoms with E-state index in [9.17, 15) is 18.3 Å². The SMILES string of the molecule is COc1ccc(CC(O)Cc2cccc(F)c2F)cc1F. The van der Waals surface area contributed by atoms with Gasteiger partial charge in [0.2, 0.25) is 0 Å². The number of rotatable bonds is 5. The zero-order valence-corrected chi connectivity index (χ0v) is 11.4. The summed E-state index contributed by atoms with van der Waals surface area (Å²) in [6, 6.07) is 8.14. The second kappa shape index (κ2) is 6.63. The third-order valence-corrected chi connectivity index (χ3v) is 3.17. The maximum atomic E-state index is 13.5. The van der Waals surface area contributed by atoms with E-state index in [0.717, 1.165) is 6.07 Å².